The topological polar surface area (TPSA) is 49.4 Å². The maximum atomic E-state index is 13.3. The smallest absolute Gasteiger partial charge is 0.230 e. The number of nitrogens with zero attached hydrogens (tertiary/aromatic N) is 1. The van der Waals surface area contributed by atoms with E-state index in [2.05, 4.69) is 5.32 Å². The molecule has 0 saturated heterocycles. The summed E-state index contributed by atoms with van der Waals surface area (Å²) in [4.78, 5) is 27.2. The summed E-state index contributed by atoms with van der Waals surface area (Å²) in [5.41, 5.74) is 2.52. The molecule has 0 bridgehead atoms. The van der Waals surface area contributed by atoms with E-state index in [0.717, 1.165) is 42.5 Å². The van der Waals surface area contributed by atoms with Crippen LogP contribution in [0.25, 0.3) is 0 Å². The van der Waals surface area contributed by atoms with Gasteiger partial charge in [-0.3, -0.25) is 9.59 Å². The van der Waals surface area contributed by atoms with Crippen molar-refractivity contribution in [1.82, 2.24) is 5.32 Å². The minimum absolute atomic E-state index is 0.0309. The first kappa shape index (κ1) is 21.0. The van der Waals surface area contributed by atoms with E-state index < -0.39 is 0 Å². The van der Waals surface area contributed by atoms with Crippen LogP contribution in [0.1, 0.15) is 50.7 Å². The molecule has 5 heteroatoms. The third-order valence-electron chi connectivity index (χ3n) is 5.26. The highest BCUT2D eigenvalue weighted by Crippen LogP contribution is 2.30. The van der Waals surface area contributed by atoms with E-state index in [1.54, 1.807) is 17.0 Å². The van der Waals surface area contributed by atoms with Gasteiger partial charge in [0.15, 0.2) is 0 Å². The zero-order valence-corrected chi connectivity index (χ0v) is 17.2. The first-order valence-corrected chi connectivity index (χ1v) is 10.4. The van der Waals surface area contributed by atoms with Crippen LogP contribution in [0.5, 0.6) is 0 Å². The second kappa shape index (κ2) is 9.68. The van der Waals surface area contributed by atoms with Gasteiger partial charge in [-0.1, -0.05) is 37.1 Å². The van der Waals surface area contributed by atoms with Crippen molar-refractivity contribution < 1.29 is 14.0 Å². The summed E-state index contributed by atoms with van der Waals surface area (Å²) < 4.78 is 13.3. The second-order valence-corrected chi connectivity index (χ2v) is 8.10. The van der Waals surface area contributed by atoms with Crippen molar-refractivity contribution >= 4 is 17.5 Å². The Bertz CT molecular complexity index is 842. The average molecular weight is 397 g/mol. The van der Waals surface area contributed by atoms with Crippen LogP contribution in [0.3, 0.4) is 0 Å². The van der Waals surface area contributed by atoms with Crippen molar-refractivity contribution in [1.29, 1.82) is 0 Å². The van der Waals surface area contributed by atoms with Gasteiger partial charge in [0.1, 0.15) is 5.82 Å². The van der Waals surface area contributed by atoms with Crippen molar-refractivity contribution in [2.24, 2.45) is 5.92 Å². The maximum Gasteiger partial charge on any atom is 0.230 e. The zero-order valence-electron chi connectivity index (χ0n) is 17.2. The minimum atomic E-state index is -0.291. The largest absolute Gasteiger partial charge is 0.354 e. The van der Waals surface area contributed by atoms with Crippen LogP contribution in [-0.4, -0.2) is 17.9 Å². The van der Waals surface area contributed by atoms with E-state index in [9.17, 15) is 14.0 Å². The maximum absolute atomic E-state index is 13.3. The number of anilines is 1. The van der Waals surface area contributed by atoms with Gasteiger partial charge in [0.2, 0.25) is 11.8 Å². The zero-order chi connectivity index (χ0) is 20.8. The van der Waals surface area contributed by atoms with Gasteiger partial charge in [-0.25, -0.2) is 4.39 Å². The quantitative estimate of drug-likeness (QED) is 0.743. The van der Waals surface area contributed by atoms with Crippen molar-refractivity contribution in [2.75, 3.05) is 4.90 Å². The molecule has 1 saturated carbocycles. The lowest BCUT2D eigenvalue weighted by molar-refractivity contribution is -0.122. The predicted octanol–water partition coefficient (Wildman–Crippen LogP) is 4.62. The molecule has 2 aromatic carbocycles. The number of nitrogens with one attached hydrogen (secondary N) is 1. The summed E-state index contributed by atoms with van der Waals surface area (Å²) in [6, 6.07) is 13.9. The van der Waals surface area contributed by atoms with E-state index >= 15 is 0 Å². The average Bonchev–Trinajstić information content (AvgIpc) is 3.21. The lowest BCUT2D eigenvalue weighted by atomic mass is 10.0. The van der Waals surface area contributed by atoms with Gasteiger partial charge in [-0.15, -0.1) is 0 Å². The molecule has 0 aromatic heterocycles. The van der Waals surface area contributed by atoms with Gasteiger partial charge in [0, 0.05) is 17.6 Å². The Labute approximate surface area is 172 Å². The molecule has 0 spiro atoms. The molecule has 154 valence electrons. The van der Waals surface area contributed by atoms with Crippen LogP contribution in [0, 0.1) is 11.7 Å². The van der Waals surface area contributed by atoms with Gasteiger partial charge in [0.25, 0.3) is 0 Å². The van der Waals surface area contributed by atoms with E-state index in [1.165, 1.54) is 12.1 Å². The number of benzene rings is 2. The molecule has 0 atom stereocenters. The highest BCUT2D eigenvalue weighted by atomic mass is 19.1. The molecule has 3 rings (SSSR count). The Morgan fingerprint density at radius 3 is 2.41 bits per heavy atom. The third kappa shape index (κ3) is 5.89. The standard InChI is InChI=1S/C24H29FN2O2/c1-17(2)26-23(28)15-19-6-5-9-22(14-19)27(24(29)20-7-3-4-8-20)16-18-10-12-21(25)13-11-18/h5-6,9-14,17,20H,3-4,7-8,15-16H2,1-2H3,(H,26,28). The summed E-state index contributed by atoms with van der Waals surface area (Å²) >= 11 is 0. The lowest BCUT2D eigenvalue weighted by Gasteiger charge is -2.26. The van der Waals surface area contributed by atoms with Crippen molar-refractivity contribution in [2.45, 2.75) is 58.5 Å². The summed E-state index contributed by atoms with van der Waals surface area (Å²) in [6.45, 7) is 4.25. The monoisotopic (exact) mass is 396 g/mol. The van der Waals surface area contributed by atoms with Crippen LogP contribution in [0.2, 0.25) is 0 Å². The molecule has 29 heavy (non-hydrogen) atoms. The molecule has 1 aliphatic carbocycles. The van der Waals surface area contributed by atoms with Gasteiger partial charge in [-0.05, 0) is 62.1 Å². The fourth-order valence-electron chi connectivity index (χ4n) is 3.85. The number of halogens is 1. The van der Waals surface area contributed by atoms with E-state index in [0.29, 0.717) is 6.54 Å². The summed E-state index contributed by atoms with van der Waals surface area (Å²) in [7, 11) is 0. The Hall–Kier alpha value is -2.69. The summed E-state index contributed by atoms with van der Waals surface area (Å²) in [6.07, 6.45) is 4.25. The number of amides is 2. The molecule has 2 amide bonds. The summed E-state index contributed by atoms with van der Waals surface area (Å²) in [5, 5.41) is 2.90. The van der Waals surface area contributed by atoms with Gasteiger partial charge >= 0.3 is 0 Å². The fourth-order valence-corrected chi connectivity index (χ4v) is 3.85. The molecule has 0 radical (unpaired) electrons. The molecule has 0 aliphatic heterocycles. The van der Waals surface area contributed by atoms with Gasteiger partial charge < -0.3 is 10.2 Å². The molecule has 1 fully saturated rings. The molecule has 4 nitrogen and oxygen atoms in total. The van der Waals surface area contributed by atoms with Crippen molar-refractivity contribution in [3.63, 3.8) is 0 Å². The second-order valence-electron chi connectivity index (χ2n) is 8.10. The van der Waals surface area contributed by atoms with Crippen LogP contribution in [0.4, 0.5) is 10.1 Å². The molecule has 2 aromatic rings. The molecule has 1 aliphatic rings. The first-order valence-electron chi connectivity index (χ1n) is 10.4. The Morgan fingerprint density at radius 2 is 1.76 bits per heavy atom. The SMILES string of the molecule is CC(C)NC(=O)Cc1cccc(N(Cc2ccc(F)cc2)C(=O)C2CCCC2)c1. The predicted molar refractivity (Wildman–Crippen MR) is 113 cm³/mol. The van der Waals surface area contributed by atoms with Crippen LogP contribution in [-0.2, 0) is 22.6 Å². The van der Waals surface area contributed by atoms with Gasteiger partial charge in [0.05, 0.1) is 13.0 Å². The number of rotatable bonds is 7. The van der Waals surface area contributed by atoms with Crippen LogP contribution >= 0.6 is 0 Å². The highest BCUT2D eigenvalue weighted by Gasteiger charge is 2.28. The Morgan fingerprint density at radius 1 is 1.07 bits per heavy atom. The third-order valence-corrected chi connectivity index (χ3v) is 5.26. The van der Waals surface area contributed by atoms with E-state index in [-0.39, 0.29) is 36.0 Å². The van der Waals surface area contributed by atoms with Crippen LogP contribution < -0.4 is 10.2 Å². The molecule has 0 heterocycles. The van der Waals surface area contributed by atoms with Crippen molar-refractivity contribution in [3.8, 4) is 0 Å². The number of carbonyl (C=O) groups is 2. The Kier molecular flexibility index (Phi) is 7.02. The number of hydrogen-bond donors (Lipinski definition) is 1. The Balaban J connectivity index is 1.84. The summed E-state index contributed by atoms with van der Waals surface area (Å²) in [5.74, 6) is -0.191. The van der Waals surface area contributed by atoms with Crippen molar-refractivity contribution in [3.05, 3.63) is 65.5 Å². The normalized spacial score (nSPS) is 14.2. The van der Waals surface area contributed by atoms with Crippen LogP contribution in [0.15, 0.2) is 48.5 Å². The molecular weight excluding hydrogens is 367 g/mol. The number of carbonyl (C=O) groups excluding carboxylic acids is 2. The highest BCUT2D eigenvalue weighted by molar-refractivity contribution is 5.95. The lowest BCUT2D eigenvalue weighted by Crippen LogP contribution is -2.35. The first-order chi connectivity index (χ1) is 13.9. The number of hydrogen-bond acceptors (Lipinski definition) is 2. The van der Waals surface area contributed by atoms with Gasteiger partial charge in [-0.2, -0.15) is 0 Å². The molecule has 0 unspecified atom stereocenters. The molecule has 1 N–H and O–H groups in total. The minimum Gasteiger partial charge on any atom is -0.354 e. The fraction of sp³-hybridized carbons (Fsp3) is 0.417. The van der Waals surface area contributed by atoms with E-state index in [4.69, 9.17) is 0 Å². The van der Waals surface area contributed by atoms with E-state index in [1.807, 2.05) is 38.1 Å². The molecular formula is C24H29FN2O2.